The van der Waals surface area contributed by atoms with Crippen LogP contribution in [0.25, 0.3) is 0 Å². The van der Waals surface area contributed by atoms with Gasteiger partial charge in [-0.2, -0.15) is 47.5 Å². The fourth-order valence-corrected chi connectivity index (χ4v) is 0.920. The molecule has 0 aliphatic heterocycles. The van der Waals surface area contributed by atoms with Crippen LogP contribution in [0.1, 0.15) is 11.1 Å². The van der Waals surface area contributed by atoms with Crippen LogP contribution in [0.4, 0.5) is 0 Å². The van der Waals surface area contributed by atoms with Crippen molar-refractivity contribution in [1.82, 2.24) is 0 Å². The van der Waals surface area contributed by atoms with Gasteiger partial charge in [0.25, 0.3) is 0 Å². The summed E-state index contributed by atoms with van der Waals surface area (Å²) in [6, 6.07) is 16.3. The first-order valence-electron chi connectivity index (χ1n) is 4.51. The zero-order valence-corrected chi connectivity index (χ0v) is 13.6. The molecule has 0 aliphatic carbocycles. The largest absolute Gasteiger partial charge is 0.214 e. The fraction of sp³-hybridized carbons (Fsp3) is 0.154. The summed E-state index contributed by atoms with van der Waals surface area (Å²) >= 11 is 1.06. The van der Waals surface area contributed by atoms with Crippen molar-refractivity contribution >= 4 is 16.7 Å². The van der Waals surface area contributed by atoms with Crippen molar-refractivity contribution in [3.05, 3.63) is 59.7 Å². The van der Waals surface area contributed by atoms with Crippen molar-refractivity contribution in [3.8, 4) is 0 Å². The van der Waals surface area contributed by atoms with Crippen molar-refractivity contribution in [1.29, 1.82) is 0 Å². The summed E-state index contributed by atoms with van der Waals surface area (Å²) in [5.41, 5.74) is 2.78. The Morgan fingerprint density at radius 2 is 1.33 bits per heavy atom. The van der Waals surface area contributed by atoms with E-state index in [1.807, 2.05) is 30.3 Å². The summed E-state index contributed by atoms with van der Waals surface area (Å²) in [7, 11) is 0. The topological polar surface area (TPSA) is 0 Å². The second-order valence-electron chi connectivity index (χ2n) is 2.85. The van der Waals surface area contributed by atoms with Crippen molar-refractivity contribution in [2.24, 2.45) is 0 Å². The number of rotatable bonds is 0. The molecule has 0 unspecified atom stereocenters. The summed E-state index contributed by atoms with van der Waals surface area (Å²) in [6.07, 6.45) is 0. The predicted molar refractivity (Wildman–Crippen MR) is 67.9 cm³/mol. The maximum atomic E-state index is 3.39. The molecule has 2 rings (SSSR count). The summed E-state index contributed by atoms with van der Waals surface area (Å²) in [4.78, 5) is 0. The van der Waals surface area contributed by atoms with E-state index in [0.717, 1.165) is 23.9 Å². The van der Waals surface area contributed by atoms with E-state index in [4.69, 9.17) is 0 Å². The maximum absolute atomic E-state index is 3.39. The van der Waals surface area contributed by atoms with E-state index in [1.54, 1.807) is 0 Å². The average Bonchev–Trinajstić information content (AvgIpc) is 2.86. The van der Waals surface area contributed by atoms with Gasteiger partial charge in [-0.05, 0) is 0 Å². The van der Waals surface area contributed by atoms with Crippen LogP contribution in [0.5, 0.6) is 0 Å². The Balaban J connectivity index is 0. The molecule has 0 aliphatic rings. The van der Waals surface area contributed by atoms with Crippen molar-refractivity contribution in [2.75, 3.05) is 0 Å². The van der Waals surface area contributed by atoms with Crippen LogP contribution in [0.2, 0.25) is 0 Å². The molecule has 2 aromatic rings. The Morgan fingerprint density at radius 3 is 1.47 bits per heavy atom. The summed E-state index contributed by atoms with van der Waals surface area (Å²) in [6.45, 7) is 4.24. The van der Waals surface area contributed by atoms with Crippen LogP contribution in [-0.2, 0) is 23.9 Å². The van der Waals surface area contributed by atoms with Crippen LogP contribution in [0.15, 0.2) is 48.5 Å². The zero-order chi connectivity index (χ0) is 10.8. The van der Waals surface area contributed by atoms with Crippen LogP contribution in [0, 0.1) is 13.8 Å². The Bertz CT molecular complexity index is 275. The standard InChI is InChI=1S/C7H9.C5H5.CH2.ClH.Hf/c1-6-4-3-5-7(6)2;1-2-4-5-3-1;;;/h3-5H,1-2H3;1-5H;1H2;1H;/q2*-1;;;+2. The Kier molecular flexibility index (Phi) is 13.5. The molecule has 0 aromatic heterocycles. The molecule has 0 radical (unpaired) electrons. The number of hydrogen-bond acceptors (Lipinski definition) is 0. The molecule has 0 N–H and O–H groups in total. The summed E-state index contributed by atoms with van der Waals surface area (Å²) in [5, 5.41) is 0. The number of halogens is 1. The minimum atomic E-state index is 0. The third-order valence-corrected chi connectivity index (χ3v) is 1.87. The Morgan fingerprint density at radius 1 is 0.933 bits per heavy atom. The van der Waals surface area contributed by atoms with Gasteiger partial charge >= 0.3 is 28.2 Å². The quantitative estimate of drug-likeness (QED) is 0.477. The van der Waals surface area contributed by atoms with Crippen molar-refractivity contribution < 1.29 is 23.9 Å². The molecule has 0 bridgehead atoms. The van der Waals surface area contributed by atoms with Gasteiger partial charge in [0.2, 0.25) is 0 Å². The van der Waals surface area contributed by atoms with Gasteiger partial charge in [-0.25, -0.2) is 12.1 Å². The van der Waals surface area contributed by atoms with Gasteiger partial charge in [-0.15, -0.1) is 12.4 Å². The third kappa shape index (κ3) is 8.71. The number of aryl methyl sites for hydroxylation is 2. The molecular weight excluding hydrogens is 370 g/mol. The molecule has 2 heteroatoms. The molecule has 0 spiro atoms. The second kappa shape index (κ2) is 11.8. The minimum Gasteiger partial charge on any atom is -0.214 e. The Labute approximate surface area is 114 Å². The van der Waals surface area contributed by atoms with Gasteiger partial charge in [0.1, 0.15) is 0 Å². The van der Waals surface area contributed by atoms with E-state index in [9.17, 15) is 0 Å². The molecule has 0 nitrogen and oxygen atoms in total. The first-order chi connectivity index (χ1) is 6.80. The van der Waals surface area contributed by atoms with Gasteiger partial charge < -0.3 is 0 Å². The molecule has 0 atom stereocenters. The van der Waals surface area contributed by atoms with E-state index in [2.05, 4.69) is 36.3 Å². The maximum Gasteiger partial charge on any atom is -0.172 e. The monoisotopic (exact) mass is 388 g/mol. The van der Waals surface area contributed by atoms with Gasteiger partial charge in [0.15, 0.2) is 0 Å². The first-order valence-corrected chi connectivity index (χ1v) is 7.05. The van der Waals surface area contributed by atoms with E-state index in [1.165, 1.54) is 11.1 Å². The van der Waals surface area contributed by atoms with E-state index in [0.29, 0.717) is 0 Å². The van der Waals surface area contributed by atoms with Crippen LogP contribution < -0.4 is 0 Å². The van der Waals surface area contributed by atoms with Crippen LogP contribution in [-0.4, -0.2) is 4.26 Å². The SMILES string of the molecule is Cc1c[cH-]cc1C.Cl.[CH2]=[Hf+2].c1cc[cH-]c1. The average molecular weight is 387 g/mol. The molecular formula is C13H17ClHf. The van der Waals surface area contributed by atoms with E-state index >= 15 is 0 Å². The molecule has 0 fully saturated rings. The first kappa shape index (κ1) is 17.1. The molecule has 0 amide bonds. The summed E-state index contributed by atoms with van der Waals surface area (Å²) < 4.78 is 3.39. The van der Waals surface area contributed by atoms with Gasteiger partial charge in [-0.1, -0.05) is 13.8 Å². The molecule has 80 valence electrons. The smallest absolute Gasteiger partial charge is 0.172 e. The molecule has 2 aromatic carbocycles. The third-order valence-electron chi connectivity index (χ3n) is 1.87. The second-order valence-corrected chi connectivity index (χ2v) is 2.85. The molecule has 0 saturated carbocycles. The van der Waals surface area contributed by atoms with E-state index in [-0.39, 0.29) is 12.4 Å². The van der Waals surface area contributed by atoms with Crippen molar-refractivity contribution in [3.63, 3.8) is 0 Å². The van der Waals surface area contributed by atoms with Crippen LogP contribution in [0.3, 0.4) is 0 Å². The molecule has 0 heterocycles. The van der Waals surface area contributed by atoms with Gasteiger partial charge in [-0.3, -0.25) is 0 Å². The summed E-state index contributed by atoms with van der Waals surface area (Å²) in [5.74, 6) is 0. The number of hydrogen-bond donors (Lipinski definition) is 0. The minimum absolute atomic E-state index is 0. The normalized spacial score (nSPS) is 7.47. The Hall–Kier alpha value is -0.270. The predicted octanol–water partition coefficient (Wildman–Crippen LogP) is 3.81. The van der Waals surface area contributed by atoms with Gasteiger partial charge in [0.05, 0.1) is 0 Å². The van der Waals surface area contributed by atoms with Crippen molar-refractivity contribution in [2.45, 2.75) is 13.8 Å². The van der Waals surface area contributed by atoms with Crippen LogP contribution >= 0.6 is 12.4 Å². The molecule has 0 saturated heterocycles. The zero-order valence-electron chi connectivity index (χ0n) is 9.23. The van der Waals surface area contributed by atoms with Gasteiger partial charge in [0, 0.05) is 0 Å². The van der Waals surface area contributed by atoms with E-state index < -0.39 is 0 Å². The fourth-order valence-electron chi connectivity index (χ4n) is 0.920. The molecule has 15 heavy (non-hydrogen) atoms.